The fraction of sp³-hybridized carbons (Fsp3) is 0.250. The van der Waals surface area contributed by atoms with E-state index in [0.717, 1.165) is 16.6 Å². The zero-order valence-electron chi connectivity index (χ0n) is 11.4. The fourth-order valence-corrected chi connectivity index (χ4v) is 2.66. The molecule has 2 aromatic carbocycles. The zero-order valence-corrected chi connectivity index (χ0v) is 13.0. The second-order valence-corrected chi connectivity index (χ2v) is 5.75. The largest absolute Gasteiger partial charge is 0.326 e. The van der Waals surface area contributed by atoms with E-state index in [-0.39, 0.29) is 5.82 Å². The number of nitrogens with zero attached hydrogens (tertiary/aromatic N) is 1. The van der Waals surface area contributed by atoms with Crippen LogP contribution in [0.4, 0.5) is 4.39 Å². The normalized spacial score (nSPS) is 11.1. The van der Waals surface area contributed by atoms with Crippen molar-refractivity contribution in [1.29, 1.82) is 0 Å². The van der Waals surface area contributed by atoms with Gasteiger partial charge in [0, 0.05) is 29.7 Å². The Morgan fingerprint density at radius 2 is 1.80 bits per heavy atom. The molecule has 0 aliphatic rings. The molecule has 0 spiro atoms. The summed E-state index contributed by atoms with van der Waals surface area (Å²) >= 11 is 3.56. The van der Waals surface area contributed by atoms with E-state index in [9.17, 15) is 4.39 Å². The average Bonchev–Trinajstić information content (AvgIpc) is 2.43. The minimum absolute atomic E-state index is 0.156. The van der Waals surface area contributed by atoms with Crippen molar-refractivity contribution in [3.05, 3.63) is 69.4 Å². The molecule has 0 aliphatic heterocycles. The molecular formula is C16H18BrFN2. The van der Waals surface area contributed by atoms with Crippen LogP contribution in [0.2, 0.25) is 0 Å². The molecule has 4 heteroatoms. The van der Waals surface area contributed by atoms with Gasteiger partial charge in [-0.15, -0.1) is 0 Å². The van der Waals surface area contributed by atoms with Crippen LogP contribution in [0.3, 0.4) is 0 Å². The summed E-state index contributed by atoms with van der Waals surface area (Å²) in [6.07, 6.45) is 0. The van der Waals surface area contributed by atoms with Gasteiger partial charge in [0.15, 0.2) is 0 Å². The monoisotopic (exact) mass is 336 g/mol. The molecule has 0 atom stereocenters. The highest BCUT2D eigenvalue weighted by Crippen LogP contribution is 2.21. The first-order chi connectivity index (χ1) is 9.60. The molecule has 2 nitrogen and oxygen atoms in total. The molecule has 2 N–H and O–H groups in total. The van der Waals surface area contributed by atoms with Gasteiger partial charge in [-0.05, 0) is 30.3 Å². The second kappa shape index (κ2) is 6.97. The molecule has 0 saturated carbocycles. The van der Waals surface area contributed by atoms with Gasteiger partial charge in [-0.1, -0.05) is 46.3 Å². The second-order valence-electron chi connectivity index (χ2n) is 4.89. The summed E-state index contributed by atoms with van der Waals surface area (Å²) in [5.74, 6) is -0.156. The highest BCUT2D eigenvalue weighted by atomic mass is 79.9. The third-order valence-corrected chi connectivity index (χ3v) is 3.93. The highest BCUT2D eigenvalue weighted by Gasteiger charge is 2.08. The third-order valence-electron chi connectivity index (χ3n) is 3.19. The number of hydrogen-bond donors (Lipinski definition) is 1. The lowest BCUT2D eigenvalue weighted by Crippen LogP contribution is -2.18. The van der Waals surface area contributed by atoms with Crippen LogP contribution in [0.25, 0.3) is 0 Å². The number of benzene rings is 2. The van der Waals surface area contributed by atoms with E-state index in [1.54, 1.807) is 6.07 Å². The highest BCUT2D eigenvalue weighted by molar-refractivity contribution is 9.10. The Hall–Kier alpha value is -1.23. The summed E-state index contributed by atoms with van der Waals surface area (Å²) in [5, 5.41) is 0. The van der Waals surface area contributed by atoms with Crippen molar-refractivity contribution in [1.82, 2.24) is 4.90 Å². The lowest BCUT2D eigenvalue weighted by molar-refractivity contribution is 0.313. The lowest BCUT2D eigenvalue weighted by atomic mass is 10.1. The minimum atomic E-state index is -0.156. The topological polar surface area (TPSA) is 29.3 Å². The molecule has 0 unspecified atom stereocenters. The molecule has 0 aliphatic carbocycles. The van der Waals surface area contributed by atoms with Crippen LogP contribution in [0, 0.1) is 5.82 Å². The van der Waals surface area contributed by atoms with Crippen LogP contribution in [0.1, 0.15) is 16.7 Å². The summed E-state index contributed by atoms with van der Waals surface area (Å²) < 4.78 is 14.7. The summed E-state index contributed by atoms with van der Waals surface area (Å²) in [7, 11) is 1.98. The van der Waals surface area contributed by atoms with Crippen LogP contribution in [-0.4, -0.2) is 11.9 Å². The Balaban J connectivity index is 2.05. The molecule has 106 valence electrons. The summed E-state index contributed by atoms with van der Waals surface area (Å²) in [6, 6.07) is 13.0. The Morgan fingerprint density at radius 1 is 1.10 bits per heavy atom. The maximum atomic E-state index is 13.6. The van der Waals surface area contributed by atoms with E-state index < -0.39 is 0 Å². The number of halogens is 2. The van der Waals surface area contributed by atoms with E-state index in [0.29, 0.717) is 18.7 Å². The number of nitrogens with two attached hydrogens (primary N) is 1. The van der Waals surface area contributed by atoms with E-state index in [2.05, 4.69) is 26.9 Å². The van der Waals surface area contributed by atoms with Crippen molar-refractivity contribution in [3.8, 4) is 0 Å². The minimum Gasteiger partial charge on any atom is -0.326 e. The van der Waals surface area contributed by atoms with Crippen LogP contribution in [0.15, 0.2) is 46.9 Å². The van der Waals surface area contributed by atoms with Crippen LogP contribution in [0.5, 0.6) is 0 Å². The van der Waals surface area contributed by atoms with Gasteiger partial charge >= 0.3 is 0 Å². The predicted molar refractivity (Wildman–Crippen MR) is 83.6 cm³/mol. The SMILES string of the molecule is CN(Cc1ccccc1F)Cc1ccc(CN)cc1Br. The van der Waals surface area contributed by atoms with Crippen molar-refractivity contribution >= 4 is 15.9 Å². The molecule has 20 heavy (non-hydrogen) atoms. The Labute approximate surface area is 127 Å². The van der Waals surface area contributed by atoms with Gasteiger partial charge in [-0.25, -0.2) is 4.39 Å². The molecule has 0 fully saturated rings. The zero-order chi connectivity index (χ0) is 14.5. The maximum Gasteiger partial charge on any atom is 0.127 e. The molecule has 0 saturated heterocycles. The fourth-order valence-electron chi connectivity index (χ4n) is 2.11. The lowest BCUT2D eigenvalue weighted by Gasteiger charge is -2.18. The Bertz CT molecular complexity index is 586. The van der Waals surface area contributed by atoms with Gasteiger partial charge in [0.2, 0.25) is 0 Å². The molecule has 0 bridgehead atoms. The first-order valence-electron chi connectivity index (χ1n) is 6.49. The van der Waals surface area contributed by atoms with E-state index in [1.807, 2.05) is 31.3 Å². The molecule has 0 amide bonds. The van der Waals surface area contributed by atoms with Crippen molar-refractivity contribution < 1.29 is 4.39 Å². The van der Waals surface area contributed by atoms with Gasteiger partial charge in [0.25, 0.3) is 0 Å². The number of hydrogen-bond acceptors (Lipinski definition) is 2. The summed E-state index contributed by atoms with van der Waals surface area (Å²) in [5.41, 5.74) is 8.59. The Morgan fingerprint density at radius 3 is 2.45 bits per heavy atom. The van der Waals surface area contributed by atoms with Gasteiger partial charge in [0.05, 0.1) is 0 Å². The quantitative estimate of drug-likeness (QED) is 0.902. The van der Waals surface area contributed by atoms with Gasteiger partial charge in [0.1, 0.15) is 5.82 Å². The molecule has 0 aromatic heterocycles. The van der Waals surface area contributed by atoms with Gasteiger partial charge < -0.3 is 5.73 Å². The van der Waals surface area contributed by atoms with Crippen molar-refractivity contribution in [2.24, 2.45) is 5.73 Å². The van der Waals surface area contributed by atoms with Crippen molar-refractivity contribution in [2.75, 3.05) is 7.05 Å². The standard InChI is InChI=1S/C16H18BrFN2/c1-20(11-14-4-2-3-5-16(14)18)10-13-7-6-12(9-19)8-15(13)17/h2-8H,9-11,19H2,1H3. The van der Waals surface area contributed by atoms with Gasteiger partial charge in [-0.2, -0.15) is 0 Å². The predicted octanol–water partition coefficient (Wildman–Crippen LogP) is 3.68. The smallest absolute Gasteiger partial charge is 0.127 e. The molecule has 2 rings (SSSR count). The van der Waals surface area contributed by atoms with Crippen LogP contribution in [-0.2, 0) is 19.6 Å². The third kappa shape index (κ3) is 3.88. The first-order valence-corrected chi connectivity index (χ1v) is 7.28. The van der Waals surface area contributed by atoms with Crippen LogP contribution < -0.4 is 5.73 Å². The molecule has 2 aromatic rings. The van der Waals surface area contributed by atoms with E-state index in [4.69, 9.17) is 5.73 Å². The maximum absolute atomic E-state index is 13.6. The van der Waals surface area contributed by atoms with Gasteiger partial charge in [-0.3, -0.25) is 4.90 Å². The number of rotatable bonds is 5. The summed E-state index contributed by atoms with van der Waals surface area (Å²) in [6.45, 7) is 1.86. The average molecular weight is 337 g/mol. The molecule has 0 radical (unpaired) electrons. The van der Waals surface area contributed by atoms with Crippen molar-refractivity contribution in [3.63, 3.8) is 0 Å². The Kier molecular flexibility index (Phi) is 5.29. The van der Waals surface area contributed by atoms with Crippen LogP contribution >= 0.6 is 15.9 Å². The van der Waals surface area contributed by atoms with E-state index >= 15 is 0 Å². The first kappa shape index (κ1) is 15.2. The van der Waals surface area contributed by atoms with Crippen molar-refractivity contribution in [2.45, 2.75) is 19.6 Å². The molecule has 0 heterocycles. The summed E-state index contributed by atoms with van der Waals surface area (Å²) in [4.78, 5) is 2.08. The van der Waals surface area contributed by atoms with E-state index in [1.165, 1.54) is 11.6 Å². The molecular weight excluding hydrogens is 319 g/mol.